The quantitative estimate of drug-likeness (QED) is 0.908. The number of benzene rings is 1. The van der Waals surface area contributed by atoms with E-state index in [1.165, 1.54) is 30.6 Å². The Morgan fingerprint density at radius 1 is 1.20 bits per heavy atom. The van der Waals surface area contributed by atoms with Gasteiger partial charge in [-0.05, 0) is 30.4 Å². The lowest BCUT2D eigenvalue weighted by atomic mass is 9.78. The molecule has 1 N–H and O–H groups in total. The fourth-order valence-corrected chi connectivity index (χ4v) is 3.21. The van der Waals surface area contributed by atoms with Crippen LogP contribution in [0.1, 0.15) is 33.1 Å². The summed E-state index contributed by atoms with van der Waals surface area (Å²) >= 11 is 0. The van der Waals surface area contributed by atoms with Crippen molar-refractivity contribution < 1.29 is 0 Å². The van der Waals surface area contributed by atoms with Crippen LogP contribution in [0.4, 0.5) is 5.69 Å². The van der Waals surface area contributed by atoms with Gasteiger partial charge in [-0.2, -0.15) is 0 Å². The minimum atomic E-state index is 0.573. The van der Waals surface area contributed by atoms with Gasteiger partial charge in [-0.15, -0.1) is 0 Å². The SMILES string of the molecule is CC1CCCC(Nc2ccccc2-n2ccnc2)C1C. The number of para-hydroxylation sites is 2. The summed E-state index contributed by atoms with van der Waals surface area (Å²) < 4.78 is 2.07. The first kappa shape index (κ1) is 13.2. The molecular weight excluding hydrogens is 246 g/mol. The van der Waals surface area contributed by atoms with Gasteiger partial charge in [0, 0.05) is 18.4 Å². The molecule has 1 saturated carbocycles. The van der Waals surface area contributed by atoms with Gasteiger partial charge in [0.05, 0.1) is 17.7 Å². The zero-order valence-electron chi connectivity index (χ0n) is 12.3. The molecule has 0 aliphatic heterocycles. The van der Waals surface area contributed by atoms with Crippen LogP contribution in [-0.2, 0) is 0 Å². The Morgan fingerprint density at radius 3 is 2.85 bits per heavy atom. The molecule has 0 amide bonds. The van der Waals surface area contributed by atoms with Crippen molar-refractivity contribution in [2.45, 2.75) is 39.2 Å². The number of nitrogens with zero attached hydrogens (tertiary/aromatic N) is 2. The molecule has 1 heterocycles. The van der Waals surface area contributed by atoms with E-state index in [4.69, 9.17) is 0 Å². The highest BCUT2D eigenvalue weighted by molar-refractivity contribution is 5.61. The number of nitrogens with one attached hydrogen (secondary N) is 1. The molecule has 1 aromatic heterocycles. The number of hydrogen-bond donors (Lipinski definition) is 1. The van der Waals surface area contributed by atoms with Crippen LogP contribution in [0.3, 0.4) is 0 Å². The summed E-state index contributed by atoms with van der Waals surface area (Å²) in [6, 6.07) is 9.05. The number of imidazole rings is 1. The molecule has 0 radical (unpaired) electrons. The van der Waals surface area contributed by atoms with Gasteiger partial charge in [0.15, 0.2) is 0 Å². The van der Waals surface area contributed by atoms with Gasteiger partial charge < -0.3 is 9.88 Å². The Bertz CT molecular complexity index is 547. The minimum Gasteiger partial charge on any atom is -0.380 e. The lowest BCUT2D eigenvalue weighted by Crippen LogP contribution is -2.35. The topological polar surface area (TPSA) is 29.9 Å². The minimum absolute atomic E-state index is 0.573. The summed E-state index contributed by atoms with van der Waals surface area (Å²) in [6.45, 7) is 4.75. The largest absolute Gasteiger partial charge is 0.380 e. The lowest BCUT2D eigenvalue weighted by Gasteiger charge is -2.35. The molecule has 1 fully saturated rings. The monoisotopic (exact) mass is 269 g/mol. The van der Waals surface area contributed by atoms with Crippen molar-refractivity contribution >= 4 is 5.69 Å². The average Bonchev–Trinajstić information content (AvgIpc) is 2.98. The summed E-state index contributed by atoms with van der Waals surface area (Å²) in [6.07, 6.45) is 9.63. The van der Waals surface area contributed by atoms with E-state index in [0.29, 0.717) is 6.04 Å². The highest BCUT2D eigenvalue weighted by Gasteiger charge is 2.27. The molecule has 3 heteroatoms. The Labute approximate surface area is 121 Å². The van der Waals surface area contributed by atoms with Crippen LogP contribution in [0.5, 0.6) is 0 Å². The van der Waals surface area contributed by atoms with Crippen LogP contribution in [-0.4, -0.2) is 15.6 Å². The van der Waals surface area contributed by atoms with Gasteiger partial charge in [-0.1, -0.05) is 38.8 Å². The second-order valence-electron chi connectivity index (χ2n) is 6.01. The molecule has 1 aromatic carbocycles. The highest BCUT2D eigenvalue weighted by atomic mass is 15.1. The van der Waals surface area contributed by atoms with Gasteiger partial charge >= 0.3 is 0 Å². The molecule has 3 unspecified atom stereocenters. The van der Waals surface area contributed by atoms with Crippen molar-refractivity contribution in [1.82, 2.24) is 9.55 Å². The zero-order chi connectivity index (χ0) is 13.9. The third kappa shape index (κ3) is 2.58. The van der Waals surface area contributed by atoms with E-state index >= 15 is 0 Å². The molecule has 106 valence electrons. The Kier molecular flexibility index (Phi) is 3.77. The summed E-state index contributed by atoms with van der Waals surface area (Å²) in [5.74, 6) is 1.53. The van der Waals surface area contributed by atoms with Crippen molar-refractivity contribution in [3.63, 3.8) is 0 Å². The first-order valence-electron chi connectivity index (χ1n) is 7.59. The second-order valence-corrected chi connectivity index (χ2v) is 6.01. The Balaban J connectivity index is 1.84. The van der Waals surface area contributed by atoms with Crippen LogP contribution in [0.15, 0.2) is 43.0 Å². The maximum absolute atomic E-state index is 4.15. The van der Waals surface area contributed by atoms with Gasteiger partial charge in [-0.25, -0.2) is 4.98 Å². The van der Waals surface area contributed by atoms with Crippen molar-refractivity contribution in [2.24, 2.45) is 11.8 Å². The van der Waals surface area contributed by atoms with Gasteiger partial charge in [0.25, 0.3) is 0 Å². The van der Waals surface area contributed by atoms with E-state index < -0.39 is 0 Å². The fourth-order valence-electron chi connectivity index (χ4n) is 3.21. The zero-order valence-corrected chi connectivity index (χ0v) is 12.3. The van der Waals surface area contributed by atoms with E-state index in [1.54, 1.807) is 0 Å². The third-order valence-corrected chi connectivity index (χ3v) is 4.73. The molecule has 20 heavy (non-hydrogen) atoms. The van der Waals surface area contributed by atoms with E-state index in [-0.39, 0.29) is 0 Å². The van der Waals surface area contributed by atoms with Crippen molar-refractivity contribution in [2.75, 3.05) is 5.32 Å². The standard InChI is InChI=1S/C17H23N3/c1-13-6-5-8-15(14(13)2)19-16-7-3-4-9-17(16)20-11-10-18-12-20/h3-4,7,9-15,19H,5-6,8H2,1-2H3. The number of aromatic nitrogens is 2. The van der Waals surface area contributed by atoms with E-state index in [0.717, 1.165) is 11.8 Å². The summed E-state index contributed by atoms with van der Waals surface area (Å²) in [4.78, 5) is 4.15. The number of rotatable bonds is 3. The summed E-state index contributed by atoms with van der Waals surface area (Å²) in [5, 5.41) is 3.77. The van der Waals surface area contributed by atoms with Crippen molar-refractivity contribution in [3.8, 4) is 5.69 Å². The summed E-state index contributed by atoms with van der Waals surface area (Å²) in [5.41, 5.74) is 2.38. The first-order valence-corrected chi connectivity index (χ1v) is 7.59. The van der Waals surface area contributed by atoms with Crippen molar-refractivity contribution in [1.29, 1.82) is 0 Å². The molecule has 1 aliphatic rings. The molecule has 2 aromatic rings. The molecule has 1 aliphatic carbocycles. The first-order chi connectivity index (χ1) is 9.75. The molecule has 3 atom stereocenters. The maximum Gasteiger partial charge on any atom is 0.0992 e. The van der Waals surface area contributed by atoms with Crippen LogP contribution in [0.2, 0.25) is 0 Å². The predicted molar refractivity (Wildman–Crippen MR) is 83.2 cm³/mol. The van der Waals surface area contributed by atoms with Crippen LogP contribution in [0, 0.1) is 11.8 Å². The van der Waals surface area contributed by atoms with Gasteiger partial charge in [0.1, 0.15) is 0 Å². The molecular formula is C17H23N3. The molecule has 0 bridgehead atoms. The highest BCUT2D eigenvalue weighted by Crippen LogP contribution is 2.32. The average molecular weight is 269 g/mol. The predicted octanol–water partition coefficient (Wildman–Crippen LogP) is 4.11. The normalized spacial score (nSPS) is 26.4. The summed E-state index contributed by atoms with van der Waals surface area (Å²) in [7, 11) is 0. The van der Waals surface area contributed by atoms with Crippen molar-refractivity contribution in [3.05, 3.63) is 43.0 Å². The lowest BCUT2D eigenvalue weighted by molar-refractivity contribution is 0.253. The number of anilines is 1. The molecule has 3 nitrogen and oxygen atoms in total. The van der Waals surface area contributed by atoms with Crippen LogP contribution < -0.4 is 5.32 Å². The molecule has 0 saturated heterocycles. The van der Waals surface area contributed by atoms with Crippen LogP contribution in [0.25, 0.3) is 5.69 Å². The molecule has 0 spiro atoms. The smallest absolute Gasteiger partial charge is 0.0992 e. The van der Waals surface area contributed by atoms with E-state index in [2.05, 4.69) is 53.0 Å². The Hall–Kier alpha value is -1.77. The number of hydrogen-bond acceptors (Lipinski definition) is 2. The van der Waals surface area contributed by atoms with Gasteiger partial charge in [-0.3, -0.25) is 0 Å². The second kappa shape index (κ2) is 5.70. The Morgan fingerprint density at radius 2 is 2.05 bits per heavy atom. The third-order valence-electron chi connectivity index (χ3n) is 4.73. The van der Waals surface area contributed by atoms with E-state index in [9.17, 15) is 0 Å². The fraction of sp³-hybridized carbons (Fsp3) is 0.471. The van der Waals surface area contributed by atoms with Crippen LogP contribution >= 0.6 is 0 Å². The molecule has 3 rings (SSSR count). The maximum atomic E-state index is 4.15. The van der Waals surface area contributed by atoms with E-state index in [1.807, 2.05) is 18.7 Å². The van der Waals surface area contributed by atoms with Gasteiger partial charge in [0.2, 0.25) is 0 Å².